The van der Waals surface area contributed by atoms with Gasteiger partial charge in [-0.3, -0.25) is 0 Å². The Morgan fingerprint density at radius 3 is 2.60 bits per heavy atom. The van der Waals surface area contributed by atoms with Crippen molar-refractivity contribution in [3.05, 3.63) is 0 Å². The average molecular weight is 144 g/mol. The fourth-order valence-electron chi connectivity index (χ4n) is 0.903. The van der Waals surface area contributed by atoms with Gasteiger partial charge in [-0.1, -0.05) is 6.92 Å². The van der Waals surface area contributed by atoms with E-state index in [9.17, 15) is 5.11 Å². The van der Waals surface area contributed by atoms with Gasteiger partial charge in [-0.25, -0.2) is 0 Å². The summed E-state index contributed by atoms with van der Waals surface area (Å²) in [6, 6.07) is 0. The van der Waals surface area contributed by atoms with E-state index in [1.54, 1.807) is 0 Å². The zero-order chi connectivity index (χ0) is 7.45. The molecular formula is C8H16O2. The third-order valence-corrected chi connectivity index (χ3v) is 1.89. The van der Waals surface area contributed by atoms with E-state index in [4.69, 9.17) is 4.74 Å². The Balaban J connectivity index is 1.86. The Labute approximate surface area is 62.2 Å². The van der Waals surface area contributed by atoms with Crippen molar-refractivity contribution in [3.63, 3.8) is 0 Å². The zero-order valence-electron chi connectivity index (χ0n) is 6.60. The topological polar surface area (TPSA) is 29.5 Å². The second kappa shape index (κ2) is 3.35. The van der Waals surface area contributed by atoms with Crippen LogP contribution in [0.25, 0.3) is 0 Å². The van der Waals surface area contributed by atoms with E-state index >= 15 is 0 Å². The maximum absolute atomic E-state index is 9.35. The average Bonchev–Trinajstić information content (AvgIpc) is 2.62. The van der Waals surface area contributed by atoms with E-state index in [2.05, 4.69) is 6.92 Å². The second-order valence-electron chi connectivity index (χ2n) is 3.09. The minimum absolute atomic E-state index is 0.326. The summed E-state index contributed by atoms with van der Waals surface area (Å²) in [5.74, 6) is 0. The summed E-state index contributed by atoms with van der Waals surface area (Å²) < 4.78 is 5.24. The van der Waals surface area contributed by atoms with E-state index in [1.165, 1.54) is 0 Å². The van der Waals surface area contributed by atoms with Crippen molar-refractivity contribution in [2.45, 2.75) is 38.2 Å². The Hall–Kier alpha value is -0.0800. The summed E-state index contributed by atoms with van der Waals surface area (Å²) in [5.41, 5.74) is -0.326. The van der Waals surface area contributed by atoms with Gasteiger partial charge >= 0.3 is 0 Å². The normalized spacial score (nSPS) is 21.0. The Morgan fingerprint density at radius 1 is 1.40 bits per heavy atom. The quantitative estimate of drug-likeness (QED) is 0.590. The first-order chi connectivity index (χ1) is 4.77. The van der Waals surface area contributed by atoms with Crippen molar-refractivity contribution in [1.29, 1.82) is 0 Å². The molecule has 0 aromatic carbocycles. The molecule has 60 valence electrons. The third kappa shape index (κ3) is 2.67. The first-order valence-electron chi connectivity index (χ1n) is 4.07. The standard InChI is InChI=1S/C8H16O2/c1-2-6-10-7-5-8(9)3-4-8/h9H,2-7H2,1H3. The van der Waals surface area contributed by atoms with Crippen molar-refractivity contribution < 1.29 is 9.84 Å². The van der Waals surface area contributed by atoms with E-state index in [0.29, 0.717) is 0 Å². The van der Waals surface area contributed by atoms with Crippen LogP contribution in [0.3, 0.4) is 0 Å². The molecular weight excluding hydrogens is 128 g/mol. The summed E-state index contributed by atoms with van der Waals surface area (Å²) in [5, 5.41) is 9.35. The van der Waals surface area contributed by atoms with Gasteiger partial charge in [0.15, 0.2) is 0 Å². The lowest BCUT2D eigenvalue weighted by Crippen LogP contribution is -2.10. The molecule has 0 saturated heterocycles. The van der Waals surface area contributed by atoms with Gasteiger partial charge < -0.3 is 9.84 Å². The van der Waals surface area contributed by atoms with Crippen molar-refractivity contribution in [2.75, 3.05) is 13.2 Å². The van der Waals surface area contributed by atoms with Crippen molar-refractivity contribution in [3.8, 4) is 0 Å². The smallest absolute Gasteiger partial charge is 0.0671 e. The second-order valence-corrected chi connectivity index (χ2v) is 3.09. The third-order valence-electron chi connectivity index (χ3n) is 1.89. The Kier molecular flexibility index (Phi) is 2.69. The first kappa shape index (κ1) is 8.02. The maximum atomic E-state index is 9.35. The van der Waals surface area contributed by atoms with Crippen LogP contribution in [0.5, 0.6) is 0 Å². The summed E-state index contributed by atoms with van der Waals surface area (Å²) in [7, 11) is 0. The van der Waals surface area contributed by atoms with Gasteiger partial charge in [0.25, 0.3) is 0 Å². The predicted molar refractivity (Wildman–Crippen MR) is 39.9 cm³/mol. The number of rotatable bonds is 5. The van der Waals surface area contributed by atoms with E-state index in [1.807, 2.05) is 0 Å². The molecule has 0 heterocycles. The Morgan fingerprint density at radius 2 is 2.10 bits per heavy atom. The monoisotopic (exact) mass is 144 g/mol. The minimum Gasteiger partial charge on any atom is -0.390 e. The summed E-state index contributed by atoms with van der Waals surface area (Å²) >= 11 is 0. The van der Waals surface area contributed by atoms with Gasteiger partial charge in [0, 0.05) is 13.2 Å². The van der Waals surface area contributed by atoms with Crippen LogP contribution in [0.1, 0.15) is 32.6 Å². The highest BCUT2D eigenvalue weighted by Crippen LogP contribution is 2.37. The van der Waals surface area contributed by atoms with Gasteiger partial charge in [0.1, 0.15) is 0 Å². The SMILES string of the molecule is CCCOCCC1(O)CC1. The molecule has 0 aromatic heterocycles. The molecule has 0 bridgehead atoms. The molecule has 10 heavy (non-hydrogen) atoms. The van der Waals surface area contributed by atoms with Crippen LogP contribution < -0.4 is 0 Å². The molecule has 0 spiro atoms. The molecule has 0 radical (unpaired) electrons. The fraction of sp³-hybridized carbons (Fsp3) is 1.00. The highest BCUT2D eigenvalue weighted by atomic mass is 16.5. The van der Waals surface area contributed by atoms with Gasteiger partial charge in [-0.05, 0) is 25.7 Å². The van der Waals surface area contributed by atoms with Crippen molar-refractivity contribution in [2.24, 2.45) is 0 Å². The first-order valence-corrected chi connectivity index (χ1v) is 4.07. The van der Waals surface area contributed by atoms with Gasteiger partial charge in [-0.2, -0.15) is 0 Å². The predicted octanol–water partition coefficient (Wildman–Crippen LogP) is 1.33. The number of ether oxygens (including phenoxy) is 1. The lowest BCUT2D eigenvalue weighted by molar-refractivity contribution is 0.0696. The lowest BCUT2D eigenvalue weighted by Gasteiger charge is -2.06. The number of aliphatic hydroxyl groups is 1. The summed E-state index contributed by atoms with van der Waals surface area (Å²) in [4.78, 5) is 0. The van der Waals surface area contributed by atoms with Crippen LogP contribution in [0, 0.1) is 0 Å². The maximum Gasteiger partial charge on any atom is 0.0671 e. The van der Waals surface area contributed by atoms with Crippen molar-refractivity contribution in [1.82, 2.24) is 0 Å². The molecule has 0 unspecified atom stereocenters. The molecule has 0 atom stereocenters. The molecule has 1 aliphatic carbocycles. The summed E-state index contributed by atoms with van der Waals surface area (Å²) in [6.07, 6.45) is 3.84. The van der Waals surface area contributed by atoms with Crippen LogP contribution in [0.15, 0.2) is 0 Å². The molecule has 2 nitrogen and oxygen atoms in total. The largest absolute Gasteiger partial charge is 0.390 e. The molecule has 1 fully saturated rings. The van der Waals surface area contributed by atoms with Gasteiger partial charge in [-0.15, -0.1) is 0 Å². The fourth-order valence-corrected chi connectivity index (χ4v) is 0.903. The lowest BCUT2D eigenvalue weighted by atomic mass is 10.2. The van der Waals surface area contributed by atoms with E-state index in [-0.39, 0.29) is 5.60 Å². The van der Waals surface area contributed by atoms with Gasteiger partial charge in [0.05, 0.1) is 5.60 Å². The molecule has 0 aliphatic heterocycles. The molecule has 1 rings (SSSR count). The molecule has 2 heteroatoms. The molecule has 0 aromatic rings. The number of hydrogen-bond acceptors (Lipinski definition) is 2. The van der Waals surface area contributed by atoms with Crippen LogP contribution in [-0.2, 0) is 4.74 Å². The van der Waals surface area contributed by atoms with Crippen molar-refractivity contribution >= 4 is 0 Å². The molecule has 1 N–H and O–H groups in total. The highest BCUT2D eigenvalue weighted by Gasteiger charge is 2.39. The van der Waals surface area contributed by atoms with Crippen LogP contribution in [-0.4, -0.2) is 23.9 Å². The van der Waals surface area contributed by atoms with E-state index < -0.39 is 0 Å². The Bertz CT molecular complexity index is 97.4. The van der Waals surface area contributed by atoms with Crippen LogP contribution in [0.4, 0.5) is 0 Å². The van der Waals surface area contributed by atoms with Gasteiger partial charge in [0.2, 0.25) is 0 Å². The van der Waals surface area contributed by atoms with E-state index in [0.717, 1.165) is 38.9 Å². The highest BCUT2D eigenvalue weighted by molar-refractivity contribution is 4.92. The minimum atomic E-state index is -0.326. The van der Waals surface area contributed by atoms with Crippen LogP contribution >= 0.6 is 0 Å². The summed E-state index contributed by atoms with van der Waals surface area (Å²) in [6.45, 7) is 3.65. The van der Waals surface area contributed by atoms with Crippen LogP contribution in [0.2, 0.25) is 0 Å². The zero-order valence-corrected chi connectivity index (χ0v) is 6.60. The molecule has 1 saturated carbocycles. The number of hydrogen-bond donors (Lipinski definition) is 1. The molecule has 1 aliphatic rings. The molecule has 0 amide bonds.